The Bertz CT molecular complexity index is 378. The van der Waals surface area contributed by atoms with Crippen molar-refractivity contribution in [2.45, 2.75) is 45.8 Å². The van der Waals surface area contributed by atoms with E-state index in [0.717, 1.165) is 29.9 Å². The van der Waals surface area contributed by atoms with Gasteiger partial charge in [-0.15, -0.1) is 11.3 Å². The van der Waals surface area contributed by atoms with Crippen molar-refractivity contribution in [1.29, 1.82) is 0 Å². The van der Waals surface area contributed by atoms with Gasteiger partial charge in [-0.25, -0.2) is 0 Å². The molecule has 1 fully saturated rings. The number of nitrogens with zero attached hydrogens (tertiary/aromatic N) is 1. The van der Waals surface area contributed by atoms with Gasteiger partial charge in [0.15, 0.2) is 0 Å². The zero-order valence-electron chi connectivity index (χ0n) is 11.4. The summed E-state index contributed by atoms with van der Waals surface area (Å²) in [6.45, 7) is 10.2. The minimum Gasteiger partial charge on any atom is -0.311 e. The van der Waals surface area contributed by atoms with Crippen LogP contribution in [0.25, 0.3) is 0 Å². The van der Waals surface area contributed by atoms with Crippen LogP contribution in [0, 0.1) is 5.92 Å². The molecule has 2 unspecified atom stereocenters. The molecule has 1 aromatic rings. The van der Waals surface area contributed by atoms with Crippen LogP contribution in [-0.4, -0.2) is 30.1 Å². The normalized spacial score (nSPS) is 25.8. The molecule has 1 aliphatic heterocycles. The first-order valence-corrected chi connectivity index (χ1v) is 7.95. The molecule has 0 spiro atoms. The number of piperazine rings is 1. The van der Waals surface area contributed by atoms with Crippen LogP contribution in [0.2, 0.25) is 4.34 Å². The van der Waals surface area contributed by atoms with Gasteiger partial charge < -0.3 is 5.32 Å². The second kappa shape index (κ2) is 6.38. The lowest BCUT2D eigenvalue weighted by Gasteiger charge is -2.40. The monoisotopic (exact) mass is 286 g/mol. The molecule has 0 aromatic carbocycles. The maximum absolute atomic E-state index is 6.02. The summed E-state index contributed by atoms with van der Waals surface area (Å²) in [5, 5.41) is 3.59. The van der Waals surface area contributed by atoms with Gasteiger partial charge in [0.1, 0.15) is 0 Å². The van der Waals surface area contributed by atoms with E-state index >= 15 is 0 Å². The van der Waals surface area contributed by atoms with Crippen molar-refractivity contribution in [3.63, 3.8) is 0 Å². The SMILES string of the molecule is CC(C)CC1CNC(C)CN1Cc1ccc(Cl)s1. The van der Waals surface area contributed by atoms with E-state index in [2.05, 4.69) is 37.1 Å². The lowest BCUT2D eigenvalue weighted by atomic mass is 9.99. The second-order valence-electron chi connectivity index (χ2n) is 5.73. The van der Waals surface area contributed by atoms with Gasteiger partial charge in [-0.3, -0.25) is 4.90 Å². The first-order valence-electron chi connectivity index (χ1n) is 6.76. The lowest BCUT2D eigenvalue weighted by Crippen LogP contribution is -2.55. The third-order valence-electron chi connectivity index (χ3n) is 3.46. The molecule has 0 amide bonds. The van der Waals surface area contributed by atoms with Crippen molar-refractivity contribution in [3.8, 4) is 0 Å². The Morgan fingerprint density at radius 2 is 2.28 bits per heavy atom. The molecular formula is C14H23ClN2S. The largest absolute Gasteiger partial charge is 0.311 e. The fraction of sp³-hybridized carbons (Fsp3) is 0.714. The lowest BCUT2D eigenvalue weighted by molar-refractivity contribution is 0.112. The molecular weight excluding hydrogens is 264 g/mol. The highest BCUT2D eigenvalue weighted by Gasteiger charge is 2.26. The molecule has 1 saturated heterocycles. The second-order valence-corrected chi connectivity index (χ2v) is 7.53. The molecule has 1 N–H and O–H groups in total. The zero-order valence-corrected chi connectivity index (χ0v) is 13.0. The predicted octanol–water partition coefficient (Wildman–Crippen LogP) is 3.61. The van der Waals surface area contributed by atoms with Gasteiger partial charge in [0.05, 0.1) is 4.34 Å². The number of hydrogen-bond acceptors (Lipinski definition) is 3. The zero-order chi connectivity index (χ0) is 13.1. The number of hydrogen-bond donors (Lipinski definition) is 1. The third-order valence-corrected chi connectivity index (χ3v) is 4.67. The predicted molar refractivity (Wildman–Crippen MR) is 80.4 cm³/mol. The topological polar surface area (TPSA) is 15.3 Å². The van der Waals surface area contributed by atoms with E-state index in [9.17, 15) is 0 Å². The number of thiophene rings is 1. The van der Waals surface area contributed by atoms with Crippen LogP contribution in [0.1, 0.15) is 32.1 Å². The maximum Gasteiger partial charge on any atom is 0.0931 e. The Morgan fingerprint density at radius 1 is 1.50 bits per heavy atom. The van der Waals surface area contributed by atoms with E-state index in [-0.39, 0.29) is 0 Å². The van der Waals surface area contributed by atoms with Crippen molar-refractivity contribution < 1.29 is 0 Å². The van der Waals surface area contributed by atoms with E-state index in [4.69, 9.17) is 11.6 Å². The minimum absolute atomic E-state index is 0.587. The molecule has 2 rings (SSSR count). The molecule has 0 saturated carbocycles. The fourth-order valence-corrected chi connectivity index (χ4v) is 3.75. The van der Waals surface area contributed by atoms with Crippen LogP contribution in [0.15, 0.2) is 12.1 Å². The Balaban J connectivity index is 2.00. The Morgan fingerprint density at radius 3 is 2.89 bits per heavy atom. The molecule has 2 atom stereocenters. The first-order chi connectivity index (χ1) is 8.54. The maximum atomic E-state index is 6.02. The molecule has 1 aromatic heterocycles. The standard InChI is InChI=1S/C14H23ClN2S/c1-10(2)6-12-7-16-11(3)8-17(12)9-13-4-5-14(15)18-13/h4-5,10-12,16H,6-9H2,1-3H3. The van der Waals surface area contributed by atoms with Crippen LogP contribution in [0.4, 0.5) is 0 Å². The van der Waals surface area contributed by atoms with Crippen molar-refractivity contribution >= 4 is 22.9 Å². The summed E-state index contributed by atoms with van der Waals surface area (Å²) >= 11 is 7.72. The number of halogens is 1. The van der Waals surface area contributed by atoms with Crippen molar-refractivity contribution in [1.82, 2.24) is 10.2 Å². The van der Waals surface area contributed by atoms with Crippen molar-refractivity contribution in [2.24, 2.45) is 5.92 Å². The van der Waals surface area contributed by atoms with E-state index in [0.29, 0.717) is 12.1 Å². The number of rotatable bonds is 4. The molecule has 0 aliphatic carbocycles. The summed E-state index contributed by atoms with van der Waals surface area (Å²) in [5.74, 6) is 0.750. The first kappa shape index (κ1) is 14.3. The quantitative estimate of drug-likeness (QED) is 0.910. The van der Waals surface area contributed by atoms with Gasteiger partial charge in [-0.05, 0) is 31.4 Å². The summed E-state index contributed by atoms with van der Waals surface area (Å²) < 4.78 is 0.897. The van der Waals surface area contributed by atoms with Gasteiger partial charge in [-0.2, -0.15) is 0 Å². The highest BCUT2D eigenvalue weighted by atomic mass is 35.5. The van der Waals surface area contributed by atoms with Crippen molar-refractivity contribution in [3.05, 3.63) is 21.3 Å². The molecule has 1 aliphatic rings. The molecule has 0 bridgehead atoms. The summed E-state index contributed by atoms with van der Waals surface area (Å²) in [5.41, 5.74) is 0. The molecule has 102 valence electrons. The molecule has 18 heavy (non-hydrogen) atoms. The summed E-state index contributed by atoms with van der Waals surface area (Å²) in [4.78, 5) is 3.99. The fourth-order valence-electron chi connectivity index (χ4n) is 2.64. The van der Waals surface area contributed by atoms with Gasteiger partial charge in [0.2, 0.25) is 0 Å². The van der Waals surface area contributed by atoms with E-state index in [1.54, 1.807) is 11.3 Å². The van der Waals surface area contributed by atoms with Crippen LogP contribution in [0.3, 0.4) is 0 Å². The molecule has 2 heterocycles. The third kappa shape index (κ3) is 3.95. The van der Waals surface area contributed by atoms with E-state index in [1.807, 2.05) is 6.07 Å². The van der Waals surface area contributed by atoms with Crippen LogP contribution < -0.4 is 5.32 Å². The average Bonchev–Trinajstić information content (AvgIpc) is 2.67. The highest BCUT2D eigenvalue weighted by Crippen LogP contribution is 2.25. The van der Waals surface area contributed by atoms with Crippen LogP contribution >= 0.6 is 22.9 Å². The summed E-state index contributed by atoms with van der Waals surface area (Å²) in [7, 11) is 0. The Labute approximate surface area is 119 Å². The van der Waals surface area contributed by atoms with E-state index in [1.165, 1.54) is 11.3 Å². The summed E-state index contributed by atoms with van der Waals surface area (Å²) in [6.07, 6.45) is 1.26. The van der Waals surface area contributed by atoms with Crippen LogP contribution in [-0.2, 0) is 6.54 Å². The van der Waals surface area contributed by atoms with E-state index < -0.39 is 0 Å². The van der Waals surface area contributed by atoms with Gasteiger partial charge in [0, 0.05) is 36.6 Å². The van der Waals surface area contributed by atoms with Gasteiger partial charge in [-0.1, -0.05) is 25.4 Å². The number of nitrogens with one attached hydrogen (secondary N) is 1. The Hall–Kier alpha value is -0.0900. The smallest absolute Gasteiger partial charge is 0.0931 e. The summed E-state index contributed by atoms with van der Waals surface area (Å²) in [6, 6.07) is 5.41. The molecule has 0 radical (unpaired) electrons. The minimum atomic E-state index is 0.587. The Kier molecular flexibility index (Phi) is 5.07. The van der Waals surface area contributed by atoms with Gasteiger partial charge in [0.25, 0.3) is 0 Å². The van der Waals surface area contributed by atoms with Gasteiger partial charge >= 0.3 is 0 Å². The van der Waals surface area contributed by atoms with Crippen LogP contribution in [0.5, 0.6) is 0 Å². The molecule has 2 nitrogen and oxygen atoms in total. The average molecular weight is 287 g/mol. The highest BCUT2D eigenvalue weighted by molar-refractivity contribution is 7.16. The molecule has 4 heteroatoms. The van der Waals surface area contributed by atoms with Crippen molar-refractivity contribution in [2.75, 3.05) is 13.1 Å².